The van der Waals surface area contributed by atoms with E-state index in [1.807, 2.05) is 24.3 Å². The van der Waals surface area contributed by atoms with E-state index in [4.69, 9.17) is 11.6 Å². The fourth-order valence-electron chi connectivity index (χ4n) is 5.75. The minimum absolute atomic E-state index is 0.160. The van der Waals surface area contributed by atoms with Crippen LogP contribution in [0.25, 0.3) is 0 Å². The molecule has 1 aliphatic heterocycles. The van der Waals surface area contributed by atoms with Crippen LogP contribution in [0.2, 0.25) is 5.02 Å². The summed E-state index contributed by atoms with van der Waals surface area (Å²) in [6.07, 6.45) is 7.66. The van der Waals surface area contributed by atoms with Gasteiger partial charge in [0.2, 0.25) is 5.91 Å². The van der Waals surface area contributed by atoms with Gasteiger partial charge in [0.05, 0.1) is 5.92 Å². The number of hydrogen-bond acceptors (Lipinski definition) is 5. The number of fused-ring (bicyclic) bond motifs is 1. The normalized spacial score (nSPS) is 20.9. The Morgan fingerprint density at radius 2 is 1.86 bits per heavy atom. The number of aromatic nitrogens is 2. The molecule has 0 unspecified atom stereocenters. The molecule has 1 saturated carbocycles. The fraction of sp³-hybridized carbons (Fsp3) is 0.607. The first-order chi connectivity index (χ1) is 17.0. The van der Waals surface area contributed by atoms with Crippen LogP contribution in [-0.4, -0.2) is 71.5 Å². The summed E-state index contributed by atoms with van der Waals surface area (Å²) >= 11 is 6.18. The zero-order chi connectivity index (χ0) is 24.4. The molecule has 2 aromatic rings. The van der Waals surface area contributed by atoms with Crippen LogP contribution in [0.1, 0.15) is 68.2 Å². The third-order valence-corrected chi connectivity index (χ3v) is 8.16. The molecule has 0 bridgehead atoms. The van der Waals surface area contributed by atoms with Gasteiger partial charge in [0.15, 0.2) is 0 Å². The van der Waals surface area contributed by atoms with E-state index in [0.717, 1.165) is 82.4 Å². The third kappa shape index (κ3) is 5.64. The number of halogens is 1. The molecule has 0 spiro atoms. The number of carbonyl (C=O) groups is 1. The summed E-state index contributed by atoms with van der Waals surface area (Å²) < 4.78 is 0. The van der Waals surface area contributed by atoms with Gasteiger partial charge in [-0.1, -0.05) is 37.6 Å². The van der Waals surface area contributed by atoms with Crippen molar-refractivity contribution >= 4 is 23.3 Å². The highest BCUT2D eigenvalue weighted by molar-refractivity contribution is 6.30. The SMILES string of the molecule is CCCN(CC1CC1)C[C@@H](C(=O)N1CCN(c2ncnc3c2[C@H](C)CC3)CC1)c1ccc(Cl)cc1. The van der Waals surface area contributed by atoms with Gasteiger partial charge in [-0.25, -0.2) is 9.97 Å². The molecule has 2 aliphatic carbocycles. The van der Waals surface area contributed by atoms with Crippen LogP contribution in [-0.2, 0) is 11.2 Å². The van der Waals surface area contributed by atoms with Gasteiger partial charge in [-0.2, -0.15) is 0 Å². The molecule has 7 heteroatoms. The number of anilines is 1. The van der Waals surface area contributed by atoms with Gasteiger partial charge in [-0.3, -0.25) is 4.79 Å². The lowest BCUT2D eigenvalue weighted by atomic mass is 9.96. The minimum atomic E-state index is -0.160. The Morgan fingerprint density at radius 3 is 2.54 bits per heavy atom. The molecule has 5 rings (SSSR count). The zero-order valence-corrected chi connectivity index (χ0v) is 21.9. The monoisotopic (exact) mass is 495 g/mol. The van der Waals surface area contributed by atoms with Crippen molar-refractivity contribution in [2.24, 2.45) is 5.92 Å². The zero-order valence-electron chi connectivity index (χ0n) is 21.1. The van der Waals surface area contributed by atoms with Gasteiger partial charge in [0.1, 0.15) is 12.1 Å². The van der Waals surface area contributed by atoms with E-state index in [2.05, 4.69) is 38.5 Å². The third-order valence-electron chi connectivity index (χ3n) is 7.91. The Bertz CT molecular complexity index is 1020. The van der Waals surface area contributed by atoms with Crippen molar-refractivity contribution in [2.75, 3.05) is 50.7 Å². The van der Waals surface area contributed by atoms with Crippen LogP contribution in [0.5, 0.6) is 0 Å². The Hall–Kier alpha value is -2.18. The van der Waals surface area contributed by atoms with Crippen LogP contribution in [0.15, 0.2) is 30.6 Å². The summed E-state index contributed by atoms with van der Waals surface area (Å²) in [5.74, 6) is 2.48. The summed E-state index contributed by atoms with van der Waals surface area (Å²) in [6, 6.07) is 7.90. The maximum absolute atomic E-state index is 13.9. The lowest BCUT2D eigenvalue weighted by Crippen LogP contribution is -2.51. The van der Waals surface area contributed by atoms with Crippen molar-refractivity contribution in [1.82, 2.24) is 19.8 Å². The molecular formula is C28H38ClN5O. The lowest BCUT2D eigenvalue weighted by molar-refractivity contribution is -0.133. The number of amides is 1. The van der Waals surface area contributed by atoms with Crippen LogP contribution in [0, 0.1) is 5.92 Å². The van der Waals surface area contributed by atoms with E-state index in [9.17, 15) is 4.79 Å². The molecule has 3 aliphatic rings. The highest BCUT2D eigenvalue weighted by Crippen LogP contribution is 2.37. The molecule has 2 heterocycles. The second-order valence-electron chi connectivity index (χ2n) is 10.6. The standard InChI is InChI=1S/C28H38ClN5O/c1-3-12-32(17-21-5-6-21)18-24(22-7-9-23(29)10-8-22)28(35)34-15-13-33(14-16-34)27-26-20(2)4-11-25(26)30-19-31-27/h7-10,19-21,24H,3-6,11-18H2,1-2H3/t20-,24-/m1/s1. The van der Waals surface area contributed by atoms with E-state index in [0.29, 0.717) is 10.9 Å². The summed E-state index contributed by atoms with van der Waals surface area (Å²) in [4.78, 5) is 30.1. The second-order valence-corrected chi connectivity index (χ2v) is 11.1. The fourth-order valence-corrected chi connectivity index (χ4v) is 5.88. The topological polar surface area (TPSA) is 52.6 Å². The second kappa shape index (κ2) is 10.8. The van der Waals surface area contributed by atoms with Gasteiger partial charge in [-0.05, 0) is 68.2 Å². The summed E-state index contributed by atoms with van der Waals surface area (Å²) in [7, 11) is 0. The molecule has 0 N–H and O–H groups in total. The average Bonchev–Trinajstić information content (AvgIpc) is 3.62. The first-order valence-electron chi connectivity index (χ1n) is 13.4. The van der Waals surface area contributed by atoms with Crippen molar-refractivity contribution in [3.05, 3.63) is 52.4 Å². The number of aryl methyl sites for hydroxylation is 1. The number of rotatable bonds is 9. The molecular weight excluding hydrogens is 458 g/mol. The van der Waals surface area contributed by atoms with E-state index < -0.39 is 0 Å². The maximum Gasteiger partial charge on any atom is 0.231 e. The Labute approximate surface area is 214 Å². The number of carbonyl (C=O) groups excluding carboxylic acids is 1. The molecule has 6 nitrogen and oxygen atoms in total. The number of nitrogens with zero attached hydrogens (tertiary/aromatic N) is 5. The van der Waals surface area contributed by atoms with Gasteiger partial charge < -0.3 is 14.7 Å². The smallest absolute Gasteiger partial charge is 0.231 e. The molecule has 1 saturated heterocycles. The Balaban J connectivity index is 1.30. The van der Waals surface area contributed by atoms with Crippen molar-refractivity contribution in [3.63, 3.8) is 0 Å². The van der Waals surface area contributed by atoms with Gasteiger partial charge in [0.25, 0.3) is 0 Å². The molecule has 1 aromatic carbocycles. The predicted octanol–water partition coefficient (Wildman–Crippen LogP) is 4.73. The van der Waals surface area contributed by atoms with Gasteiger partial charge in [0, 0.05) is 55.5 Å². The van der Waals surface area contributed by atoms with Crippen LogP contribution < -0.4 is 4.90 Å². The van der Waals surface area contributed by atoms with Gasteiger partial charge in [-0.15, -0.1) is 0 Å². The van der Waals surface area contributed by atoms with E-state index >= 15 is 0 Å². The highest BCUT2D eigenvalue weighted by atomic mass is 35.5. The van der Waals surface area contributed by atoms with Crippen molar-refractivity contribution in [2.45, 2.75) is 57.8 Å². The largest absolute Gasteiger partial charge is 0.353 e. The molecule has 188 valence electrons. The average molecular weight is 496 g/mol. The first-order valence-corrected chi connectivity index (χ1v) is 13.8. The summed E-state index contributed by atoms with van der Waals surface area (Å²) in [5.41, 5.74) is 3.60. The van der Waals surface area contributed by atoms with Crippen molar-refractivity contribution < 1.29 is 4.79 Å². The quantitative estimate of drug-likeness (QED) is 0.503. The summed E-state index contributed by atoms with van der Waals surface area (Å²) in [6.45, 7) is 10.5. The minimum Gasteiger partial charge on any atom is -0.353 e. The molecule has 1 amide bonds. The van der Waals surface area contributed by atoms with E-state index in [-0.39, 0.29) is 11.8 Å². The Kier molecular flexibility index (Phi) is 7.59. The number of piperazine rings is 1. The molecule has 35 heavy (non-hydrogen) atoms. The van der Waals surface area contributed by atoms with Crippen molar-refractivity contribution in [1.29, 1.82) is 0 Å². The first kappa shape index (κ1) is 24.5. The molecule has 2 atom stereocenters. The summed E-state index contributed by atoms with van der Waals surface area (Å²) in [5, 5.41) is 0.712. The van der Waals surface area contributed by atoms with E-state index in [1.54, 1.807) is 6.33 Å². The lowest BCUT2D eigenvalue weighted by Gasteiger charge is -2.38. The molecule has 1 aromatic heterocycles. The van der Waals surface area contributed by atoms with Gasteiger partial charge >= 0.3 is 0 Å². The van der Waals surface area contributed by atoms with Crippen molar-refractivity contribution in [3.8, 4) is 0 Å². The predicted molar refractivity (Wildman–Crippen MR) is 141 cm³/mol. The van der Waals surface area contributed by atoms with Crippen LogP contribution in [0.4, 0.5) is 5.82 Å². The van der Waals surface area contributed by atoms with Crippen LogP contribution >= 0.6 is 11.6 Å². The number of hydrogen-bond donors (Lipinski definition) is 0. The maximum atomic E-state index is 13.9. The Morgan fingerprint density at radius 1 is 1.11 bits per heavy atom. The van der Waals surface area contributed by atoms with Crippen LogP contribution in [0.3, 0.4) is 0 Å². The number of benzene rings is 1. The molecule has 2 fully saturated rings. The van der Waals surface area contributed by atoms with E-state index in [1.165, 1.54) is 24.1 Å². The highest BCUT2D eigenvalue weighted by Gasteiger charge is 2.33. The molecule has 0 radical (unpaired) electrons.